The first kappa shape index (κ1) is 40.0. The number of ether oxygens (including phenoxy) is 3. The van der Waals surface area contributed by atoms with Crippen LogP contribution in [0.15, 0.2) is 42.5 Å². The van der Waals surface area contributed by atoms with Crippen LogP contribution in [-0.4, -0.2) is 51.5 Å². The number of hydrogen-bond donors (Lipinski definition) is 3. The summed E-state index contributed by atoms with van der Waals surface area (Å²) in [6.07, 6.45) is 25.5. The van der Waals surface area contributed by atoms with Gasteiger partial charge in [-0.25, -0.2) is 0 Å². The Hall–Kier alpha value is -3.78. The van der Waals surface area contributed by atoms with Gasteiger partial charge in [0.1, 0.15) is 34.2 Å². The minimum atomic E-state index is -0.758. The van der Waals surface area contributed by atoms with Crippen LogP contribution in [0, 0.1) is 5.92 Å². The summed E-state index contributed by atoms with van der Waals surface area (Å²) in [7, 11) is 1.56. The maximum atomic E-state index is 13.1. The van der Waals surface area contributed by atoms with E-state index in [1.165, 1.54) is 76.7 Å². The van der Waals surface area contributed by atoms with Crippen molar-refractivity contribution in [2.24, 2.45) is 5.92 Å². The third-order valence-corrected chi connectivity index (χ3v) is 10.2. The van der Waals surface area contributed by atoms with Crippen molar-refractivity contribution in [1.29, 1.82) is 0 Å². The molecule has 51 heavy (non-hydrogen) atoms. The Morgan fingerprint density at radius 2 is 1.57 bits per heavy atom. The fraction of sp³-hybridized carbons (Fsp3) is 0.581. The van der Waals surface area contributed by atoms with Crippen LogP contribution in [-0.2, 0) is 17.6 Å². The maximum absolute atomic E-state index is 13.1. The number of Topliss-reactive ketones (excluding diaryl/α,β-unsaturated/α-hetero) is 1. The minimum Gasteiger partial charge on any atom is -0.507 e. The van der Waals surface area contributed by atoms with Gasteiger partial charge in [0.15, 0.2) is 5.78 Å². The normalized spacial score (nSPS) is 19.2. The predicted octanol–water partition coefficient (Wildman–Crippen LogP) is 9.80. The number of unbranched alkanes of at least 4 members (excludes halogenated alkanes) is 9. The Balaban J connectivity index is 0.000000253. The Labute approximate surface area is 304 Å². The second-order valence-electron chi connectivity index (χ2n) is 15.4. The molecule has 0 fully saturated rings. The van der Waals surface area contributed by atoms with E-state index in [1.807, 2.05) is 38.1 Å². The topological polar surface area (TPSA) is 123 Å². The van der Waals surface area contributed by atoms with Gasteiger partial charge in [-0.15, -0.1) is 0 Å². The van der Waals surface area contributed by atoms with Crippen LogP contribution in [0.25, 0.3) is 6.08 Å². The molecule has 2 atom stereocenters. The predicted molar refractivity (Wildman–Crippen MR) is 202 cm³/mol. The summed E-state index contributed by atoms with van der Waals surface area (Å²) in [6.45, 7) is 7.52. The van der Waals surface area contributed by atoms with E-state index < -0.39 is 23.3 Å². The molecule has 0 saturated heterocycles. The number of carbonyl (C=O) groups is 2. The third kappa shape index (κ3) is 11.9. The summed E-state index contributed by atoms with van der Waals surface area (Å²) in [5.41, 5.74) is 1.22. The SMILES string of the molecule is COc1c(CC(=O)c2cc3c(cc2O)OC(C)(C)C(O)C3)ccc2c1C=CC(C)(C)O2.O=C(O)CCCCCCCCCCCCC1C=CCC1. The Morgan fingerprint density at radius 1 is 0.902 bits per heavy atom. The number of phenolic OH excluding ortho intramolecular Hbond substituents is 1. The van der Waals surface area contributed by atoms with Crippen molar-refractivity contribution in [3.05, 3.63) is 64.7 Å². The van der Waals surface area contributed by atoms with Crippen LogP contribution in [0.1, 0.15) is 145 Å². The van der Waals surface area contributed by atoms with Gasteiger partial charge in [-0.3, -0.25) is 9.59 Å². The molecule has 2 unspecified atom stereocenters. The van der Waals surface area contributed by atoms with Crippen LogP contribution >= 0.6 is 0 Å². The first-order valence-electron chi connectivity index (χ1n) is 19.0. The van der Waals surface area contributed by atoms with E-state index in [0.29, 0.717) is 41.2 Å². The van der Waals surface area contributed by atoms with Crippen molar-refractivity contribution in [1.82, 2.24) is 0 Å². The summed E-state index contributed by atoms with van der Waals surface area (Å²) in [5.74, 6) is 1.61. The van der Waals surface area contributed by atoms with Gasteiger partial charge in [0.05, 0.1) is 24.3 Å². The zero-order valence-corrected chi connectivity index (χ0v) is 31.5. The largest absolute Gasteiger partial charge is 0.507 e. The molecule has 2 aromatic rings. The van der Waals surface area contributed by atoms with Crippen molar-refractivity contribution >= 4 is 17.8 Å². The van der Waals surface area contributed by atoms with Crippen molar-refractivity contribution in [2.75, 3.05) is 7.11 Å². The lowest BCUT2D eigenvalue weighted by Gasteiger charge is -2.37. The third-order valence-electron chi connectivity index (χ3n) is 10.2. The molecule has 2 aliphatic heterocycles. The molecule has 3 aliphatic rings. The number of allylic oxidation sites excluding steroid dienone is 2. The van der Waals surface area contributed by atoms with Gasteiger partial charge in [-0.1, -0.05) is 76.0 Å². The van der Waals surface area contributed by atoms with Crippen LogP contribution in [0.4, 0.5) is 0 Å². The summed E-state index contributed by atoms with van der Waals surface area (Å²) in [5, 5.41) is 29.4. The summed E-state index contributed by atoms with van der Waals surface area (Å²) in [6, 6.07) is 6.72. The molecule has 2 heterocycles. The van der Waals surface area contributed by atoms with Gasteiger partial charge in [0, 0.05) is 30.9 Å². The molecule has 280 valence electrons. The zero-order valence-electron chi connectivity index (χ0n) is 31.5. The molecule has 0 bridgehead atoms. The van der Waals surface area contributed by atoms with Crippen LogP contribution in [0.5, 0.6) is 23.0 Å². The van der Waals surface area contributed by atoms with Gasteiger partial charge in [-0.05, 0) is 89.1 Å². The van der Waals surface area contributed by atoms with E-state index in [4.69, 9.17) is 19.3 Å². The van der Waals surface area contributed by atoms with E-state index in [2.05, 4.69) is 12.2 Å². The molecule has 3 N–H and O–H groups in total. The van der Waals surface area contributed by atoms with Crippen molar-refractivity contribution in [3.63, 3.8) is 0 Å². The molecule has 8 heteroatoms. The first-order valence-corrected chi connectivity index (χ1v) is 19.0. The average molecular weight is 705 g/mol. The molecule has 0 amide bonds. The molecule has 0 spiro atoms. The van der Waals surface area contributed by atoms with Crippen LogP contribution in [0.2, 0.25) is 0 Å². The Morgan fingerprint density at radius 3 is 2.20 bits per heavy atom. The molecule has 1 aliphatic carbocycles. The molecule has 8 nitrogen and oxygen atoms in total. The van der Waals surface area contributed by atoms with Crippen molar-refractivity contribution in [2.45, 2.75) is 148 Å². The van der Waals surface area contributed by atoms with E-state index in [1.54, 1.807) is 27.0 Å². The number of aromatic hydroxyl groups is 1. The molecular weight excluding hydrogens is 644 g/mol. The number of methoxy groups -OCH3 is 1. The van der Waals surface area contributed by atoms with E-state index in [-0.39, 0.29) is 23.5 Å². The highest BCUT2D eigenvalue weighted by Gasteiger charge is 2.36. The number of aliphatic hydroxyl groups is 1. The number of hydrogen-bond acceptors (Lipinski definition) is 7. The first-order chi connectivity index (χ1) is 24.3. The fourth-order valence-electron chi connectivity index (χ4n) is 7.05. The number of carbonyl (C=O) groups excluding carboxylic acids is 1. The van der Waals surface area contributed by atoms with E-state index >= 15 is 0 Å². The fourth-order valence-corrected chi connectivity index (χ4v) is 7.05. The smallest absolute Gasteiger partial charge is 0.303 e. The summed E-state index contributed by atoms with van der Waals surface area (Å²) in [4.78, 5) is 23.4. The van der Waals surface area contributed by atoms with E-state index in [0.717, 1.165) is 24.3 Å². The van der Waals surface area contributed by atoms with Gasteiger partial charge < -0.3 is 29.5 Å². The minimum absolute atomic E-state index is 0.0505. The number of phenols is 1. The van der Waals surface area contributed by atoms with E-state index in [9.17, 15) is 19.8 Å². The summed E-state index contributed by atoms with van der Waals surface area (Å²) >= 11 is 0. The molecule has 0 saturated carbocycles. The van der Waals surface area contributed by atoms with Gasteiger partial charge >= 0.3 is 5.97 Å². The Kier molecular flexibility index (Phi) is 14.6. The van der Waals surface area contributed by atoms with Crippen molar-refractivity contribution < 1.29 is 39.1 Å². The van der Waals surface area contributed by atoms with Crippen LogP contribution in [0.3, 0.4) is 0 Å². The van der Waals surface area contributed by atoms with Crippen LogP contribution < -0.4 is 14.2 Å². The highest BCUT2D eigenvalue weighted by molar-refractivity contribution is 6.01. The quantitative estimate of drug-likeness (QED) is 0.0845. The van der Waals surface area contributed by atoms with Gasteiger partial charge in [0.25, 0.3) is 0 Å². The lowest BCUT2D eigenvalue weighted by molar-refractivity contribution is -0.137. The molecule has 5 rings (SSSR count). The second-order valence-corrected chi connectivity index (χ2v) is 15.4. The summed E-state index contributed by atoms with van der Waals surface area (Å²) < 4.78 is 17.4. The zero-order chi connectivity index (χ0) is 37.0. The monoisotopic (exact) mass is 704 g/mol. The second kappa shape index (κ2) is 18.6. The number of rotatable bonds is 17. The average Bonchev–Trinajstić information content (AvgIpc) is 3.59. The van der Waals surface area contributed by atoms with Gasteiger partial charge in [-0.2, -0.15) is 0 Å². The number of aliphatic carboxylic acids is 1. The molecule has 0 radical (unpaired) electrons. The Bertz CT molecular complexity index is 1530. The lowest BCUT2D eigenvalue weighted by atomic mass is 9.89. The maximum Gasteiger partial charge on any atom is 0.303 e. The highest BCUT2D eigenvalue weighted by Crippen LogP contribution is 2.41. The van der Waals surface area contributed by atoms with Crippen molar-refractivity contribution in [3.8, 4) is 23.0 Å². The molecule has 2 aromatic carbocycles. The standard InChI is InChI=1S/C25H28O6.C18H32O2/c1-24(2)9-8-16-20(30-24)7-6-14(23(16)29-5)11-18(26)17-10-15-12-22(28)25(3,4)31-21(15)13-19(17)27;19-18(20)16-10-8-6-4-2-1-3-5-7-9-13-17-14-11-12-15-17/h6-10,13,22,27-28H,11-12H2,1-5H3;11,14,17H,1-10,12-13,15-16H2,(H,19,20). The number of benzene rings is 2. The number of ketones is 1. The lowest BCUT2D eigenvalue weighted by Crippen LogP contribution is -2.46. The number of fused-ring (bicyclic) bond motifs is 2. The molecule has 0 aromatic heterocycles. The molecular formula is C43H60O8. The number of carboxylic acids is 1. The highest BCUT2D eigenvalue weighted by atomic mass is 16.5. The number of aliphatic hydroxyl groups excluding tert-OH is 1. The van der Waals surface area contributed by atoms with Gasteiger partial charge in [0.2, 0.25) is 0 Å². The number of carboxylic acid groups (broad SMARTS) is 1.